The number of likely N-dealkylation sites (tertiary alicyclic amines) is 1. The molecule has 1 aliphatic rings. The Morgan fingerprint density at radius 2 is 2.25 bits per heavy atom. The van der Waals surface area contributed by atoms with Crippen molar-refractivity contribution in [3.05, 3.63) is 67.1 Å². The van der Waals surface area contributed by atoms with Crippen molar-refractivity contribution in [3.8, 4) is 0 Å². The van der Waals surface area contributed by atoms with Crippen LogP contribution in [0.1, 0.15) is 23.8 Å². The number of hydrogen-bond acceptors (Lipinski definition) is 6. The molecule has 0 saturated carbocycles. The van der Waals surface area contributed by atoms with E-state index in [2.05, 4.69) is 4.98 Å². The van der Waals surface area contributed by atoms with Crippen LogP contribution < -0.4 is 5.56 Å². The maximum atomic E-state index is 13.7. The van der Waals surface area contributed by atoms with Gasteiger partial charge >= 0.3 is 5.69 Å². The van der Waals surface area contributed by atoms with Crippen molar-refractivity contribution in [3.63, 3.8) is 0 Å². The lowest BCUT2D eigenvalue weighted by atomic mass is 10.2. The summed E-state index contributed by atoms with van der Waals surface area (Å²) in [5.74, 6) is -1.29. The fourth-order valence-electron chi connectivity index (χ4n) is 3.50. The number of carbonyl (C=O) groups is 1. The van der Waals surface area contributed by atoms with E-state index in [0.717, 1.165) is 34.4 Å². The summed E-state index contributed by atoms with van der Waals surface area (Å²) in [5.41, 5.74) is -1.41. The standard InChI is InChI=1S/C18H15FN4O4S/c19-12-8-13-11(7-15(12)23(26)27)18(25)21(10-20-13)9-17(24)22-5-1-3-14(22)16-4-2-6-28-16/h2,4,6-8,10,14H,1,3,5,9H2. The Bertz CT molecular complexity index is 1130. The maximum Gasteiger partial charge on any atom is 0.305 e. The minimum absolute atomic E-state index is 0.00759. The summed E-state index contributed by atoms with van der Waals surface area (Å²) in [6.45, 7) is 0.378. The molecule has 1 amide bonds. The van der Waals surface area contributed by atoms with Crippen LogP contribution in [-0.2, 0) is 11.3 Å². The number of thiophene rings is 1. The fraction of sp³-hybridized carbons (Fsp3) is 0.278. The second-order valence-corrected chi connectivity index (χ2v) is 7.50. The lowest BCUT2D eigenvalue weighted by Gasteiger charge is -2.24. The van der Waals surface area contributed by atoms with Gasteiger partial charge in [0.2, 0.25) is 11.7 Å². The van der Waals surface area contributed by atoms with Gasteiger partial charge < -0.3 is 4.90 Å². The van der Waals surface area contributed by atoms with Crippen LogP contribution in [0.25, 0.3) is 10.9 Å². The van der Waals surface area contributed by atoms with E-state index in [1.165, 1.54) is 6.33 Å². The van der Waals surface area contributed by atoms with Crippen LogP contribution in [0, 0.1) is 15.9 Å². The number of halogens is 1. The molecule has 1 unspecified atom stereocenters. The highest BCUT2D eigenvalue weighted by atomic mass is 32.1. The van der Waals surface area contributed by atoms with Crippen molar-refractivity contribution < 1.29 is 14.1 Å². The number of nitrogens with zero attached hydrogens (tertiary/aromatic N) is 4. The number of hydrogen-bond donors (Lipinski definition) is 0. The van der Waals surface area contributed by atoms with Gasteiger partial charge in [0.1, 0.15) is 6.54 Å². The third-order valence-electron chi connectivity index (χ3n) is 4.84. The molecule has 2 aromatic heterocycles. The van der Waals surface area contributed by atoms with Crippen LogP contribution in [0.4, 0.5) is 10.1 Å². The normalized spacial score (nSPS) is 16.6. The molecule has 3 aromatic rings. The van der Waals surface area contributed by atoms with E-state index < -0.39 is 22.0 Å². The second-order valence-electron chi connectivity index (χ2n) is 6.52. The van der Waals surface area contributed by atoms with Crippen molar-refractivity contribution in [1.82, 2.24) is 14.5 Å². The zero-order valence-electron chi connectivity index (χ0n) is 14.6. The molecule has 10 heteroatoms. The van der Waals surface area contributed by atoms with Gasteiger partial charge in [-0.1, -0.05) is 6.07 Å². The first-order valence-electron chi connectivity index (χ1n) is 8.61. The van der Waals surface area contributed by atoms with Gasteiger partial charge in [0, 0.05) is 23.6 Å². The Morgan fingerprint density at radius 3 is 2.96 bits per heavy atom. The fourth-order valence-corrected chi connectivity index (χ4v) is 4.37. The number of nitro groups is 1. The molecule has 28 heavy (non-hydrogen) atoms. The summed E-state index contributed by atoms with van der Waals surface area (Å²) in [6.07, 6.45) is 2.91. The highest BCUT2D eigenvalue weighted by molar-refractivity contribution is 7.10. The number of fused-ring (bicyclic) bond motifs is 1. The van der Waals surface area contributed by atoms with Crippen LogP contribution in [-0.4, -0.2) is 31.8 Å². The lowest BCUT2D eigenvalue weighted by molar-refractivity contribution is -0.387. The quantitative estimate of drug-likeness (QED) is 0.494. The summed E-state index contributed by atoms with van der Waals surface area (Å²) < 4.78 is 14.9. The Morgan fingerprint density at radius 1 is 1.43 bits per heavy atom. The Labute approximate surface area is 162 Å². The molecule has 1 saturated heterocycles. The molecule has 4 rings (SSSR count). The Balaban J connectivity index is 1.65. The SMILES string of the molecule is O=C(Cn1cnc2cc(F)c([N+](=O)[O-])cc2c1=O)N1CCCC1c1cccs1. The number of nitro benzene ring substituents is 1. The van der Waals surface area contributed by atoms with Gasteiger partial charge in [-0.2, -0.15) is 4.39 Å². The molecular weight excluding hydrogens is 387 g/mol. The summed E-state index contributed by atoms with van der Waals surface area (Å²) in [5, 5.41) is 12.8. The van der Waals surface area contributed by atoms with Gasteiger partial charge in [0.05, 0.1) is 28.2 Å². The van der Waals surface area contributed by atoms with Gasteiger partial charge in [-0.05, 0) is 24.3 Å². The molecule has 0 N–H and O–H groups in total. The van der Waals surface area contributed by atoms with Crippen LogP contribution in [0.15, 0.2) is 40.8 Å². The summed E-state index contributed by atoms with van der Waals surface area (Å²) in [4.78, 5) is 42.4. The number of benzene rings is 1. The molecule has 8 nitrogen and oxygen atoms in total. The van der Waals surface area contributed by atoms with Crippen molar-refractivity contribution in [1.29, 1.82) is 0 Å². The van der Waals surface area contributed by atoms with Gasteiger partial charge in [0.25, 0.3) is 5.56 Å². The first kappa shape index (κ1) is 18.2. The number of carbonyl (C=O) groups excluding carboxylic acids is 1. The van der Waals surface area contributed by atoms with E-state index in [1.54, 1.807) is 16.2 Å². The van der Waals surface area contributed by atoms with Crippen molar-refractivity contribution in [2.75, 3.05) is 6.54 Å². The van der Waals surface area contributed by atoms with E-state index in [4.69, 9.17) is 0 Å². The van der Waals surface area contributed by atoms with E-state index in [-0.39, 0.29) is 29.4 Å². The molecule has 1 aliphatic heterocycles. The molecule has 0 spiro atoms. The molecule has 1 atom stereocenters. The maximum absolute atomic E-state index is 13.7. The molecule has 0 radical (unpaired) electrons. The molecule has 3 heterocycles. The average Bonchev–Trinajstić information content (AvgIpc) is 3.34. The lowest BCUT2D eigenvalue weighted by Crippen LogP contribution is -2.36. The van der Waals surface area contributed by atoms with E-state index in [0.29, 0.717) is 6.54 Å². The predicted octanol–water partition coefficient (Wildman–Crippen LogP) is 2.87. The molecule has 1 fully saturated rings. The van der Waals surface area contributed by atoms with Crippen LogP contribution >= 0.6 is 11.3 Å². The number of amides is 1. The molecule has 0 bridgehead atoms. The second kappa shape index (κ2) is 7.12. The highest BCUT2D eigenvalue weighted by Crippen LogP contribution is 2.34. The predicted molar refractivity (Wildman–Crippen MR) is 101 cm³/mol. The zero-order chi connectivity index (χ0) is 19.8. The largest absolute Gasteiger partial charge is 0.333 e. The van der Waals surface area contributed by atoms with Gasteiger partial charge in [0.15, 0.2) is 0 Å². The van der Waals surface area contributed by atoms with E-state index in [9.17, 15) is 24.1 Å². The van der Waals surface area contributed by atoms with Crippen molar-refractivity contribution in [2.45, 2.75) is 25.4 Å². The average molecular weight is 402 g/mol. The summed E-state index contributed by atoms with van der Waals surface area (Å²) >= 11 is 1.58. The molecule has 1 aromatic carbocycles. The van der Waals surface area contributed by atoms with Gasteiger partial charge in [-0.25, -0.2) is 4.98 Å². The van der Waals surface area contributed by atoms with E-state index >= 15 is 0 Å². The first-order valence-corrected chi connectivity index (χ1v) is 9.49. The monoisotopic (exact) mass is 402 g/mol. The molecule has 0 aliphatic carbocycles. The minimum Gasteiger partial charge on any atom is -0.333 e. The van der Waals surface area contributed by atoms with Crippen LogP contribution in [0.5, 0.6) is 0 Å². The third-order valence-corrected chi connectivity index (χ3v) is 5.81. The first-order chi connectivity index (χ1) is 13.5. The summed E-state index contributed by atoms with van der Waals surface area (Å²) in [7, 11) is 0. The Hall–Kier alpha value is -3.14. The van der Waals surface area contributed by atoms with Gasteiger partial charge in [-0.3, -0.25) is 24.3 Å². The van der Waals surface area contributed by atoms with E-state index in [1.807, 2.05) is 17.5 Å². The van der Waals surface area contributed by atoms with Crippen molar-refractivity contribution >= 4 is 33.8 Å². The molecular formula is C18H15FN4O4S. The van der Waals surface area contributed by atoms with Gasteiger partial charge in [-0.15, -0.1) is 11.3 Å². The molecule has 144 valence electrons. The zero-order valence-corrected chi connectivity index (χ0v) is 15.4. The third kappa shape index (κ3) is 3.15. The van der Waals surface area contributed by atoms with Crippen LogP contribution in [0.3, 0.4) is 0 Å². The Kier molecular flexibility index (Phi) is 4.63. The number of rotatable bonds is 4. The smallest absolute Gasteiger partial charge is 0.305 e. The topological polar surface area (TPSA) is 98.3 Å². The highest BCUT2D eigenvalue weighted by Gasteiger charge is 2.30. The van der Waals surface area contributed by atoms with Crippen LogP contribution in [0.2, 0.25) is 0 Å². The minimum atomic E-state index is -1.06. The van der Waals surface area contributed by atoms with Crippen molar-refractivity contribution in [2.24, 2.45) is 0 Å². The number of aromatic nitrogens is 2. The summed E-state index contributed by atoms with van der Waals surface area (Å²) in [6, 6.07) is 5.63.